The lowest BCUT2D eigenvalue weighted by atomic mass is 9.71. The molecule has 3 aromatic carbocycles. The average molecular weight is 776 g/mol. The number of aromatic nitrogens is 2. The Morgan fingerprint density at radius 3 is 2.05 bits per heavy atom. The highest BCUT2D eigenvalue weighted by atomic mass is 16.5. The molecular weight excluding hydrogens is 735 g/mol. The molecule has 2 aromatic heterocycles. The van der Waals surface area contributed by atoms with E-state index in [1.165, 1.54) is 32.3 Å². The van der Waals surface area contributed by atoms with Gasteiger partial charge in [-0.3, -0.25) is 24.5 Å². The van der Waals surface area contributed by atoms with Gasteiger partial charge < -0.3 is 24.1 Å². The van der Waals surface area contributed by atoms with Crippen LogP contribution in [0.15, 0.2) is 145 Å². The maximum absolute atomic E-state index is 14.7. The fourth-order valence-electron chi connectivity index (χ4n) is 8.78. The van der Waals surface area contributed by atoms with E-state index in [4.69, 9.17) is 23.9 Å². The maximum atomic E-state index is 14.7. The maximum Gasteiger partial charge on any atom is 0.330 e. The van der Waals surface area contributed by atoms with Crippen molar-refractivity contribution in [2.75, 3.05) is 34.5 Å². The molecule has 1 saturated carbocycles. The molecule has 1 N–H and O–H groups in total. The molecule has 2 bridgehead atoms. The lowest BCUT2D eigenvalue weighted by molar-refractivity contribution is -0.145. The van der Waals surface area contributed by atoms with Crippen LogP contribution < -0.4 is 14.2 Å². The highest BCUT2D eigenvalue weighted by molar-refractivity contribution is 6.08. The van der Waals surface area contributed by atoms with Crippen LogP contribution in [0.1, 0.15) is 28.1 Å². The first-order valence-electron chi connectivity index (χ1n) is 18.9. The van der Waals surface area contributed by atoms with E-state index in [0.29, 0.717) is 45.3 Å². The van der Waals surface area contributed by atoms with Gasteiger partial charge in [-0.25, -0.2) is 4.79 Å². The van der Waals surface area contributed by atoms with E-state index in [-0.39, 0.29) is 25.0 Å². The van der Waals surface area contributed by atoms with E-state index < -0.39 is 35.2 Å². The predicted octanol–water partition coefficient (Wildman–Crippen LogP) is 6.28. The second-order valence-electron chi connectivity index (χ2n) is 14.2. The zero-order valence-electron chi connectivity index (χ0n) is 32.1. The molecule has 0 spiro atoms. The number of imide groups is 1. The van der Waals surface area contributed by atoms with Crippen molar-refractivity contribution < 1.29 is 38.4 Å². The van der Waals surface area contributed by atoms with Gasteiger partial charge in [0.05, 0.1) is 51.1 Å². The van der Waals surface area contributed by atoms with E-state index in [0.717, 1.165) is 16.7 Å². The van der Waals surface area contributed by atoms with Crippen molar-refractivity contribution in [1.82, 2.24) is 14.9 Å². The number of allylic oxidation sites excluding steroid dienone is 2. The van der Waals surface area contributed by atoms with Crippen LogP contribution in [0.3, 0.4) is 0 Å². The second kappa shape index (κ2) is 16.0. The number of methoxy groups -OCH3 is 3. The monoisotopic (exact) mass is 775 g/mol. The topological polar surface area (TPSA) is 137 Å². The lowest BCUT2D eigenvalue weighted by Gasteiger charge is -2.36. The van der Waals surface area contributed by atoms with Gasteiger partial charge in [-0.05, 0) is 70.3 Å². The van der Waals surface area contributed by atoms with Gasteiger partial charge in [-0.15, -0.1) is 0 Å². The predicted molar refractivity (Wildman–Crippen MR) is 215 cm³/mol. The van der Waals surface area contributed by atoms with Crippen LogP contribution in [-0.4, -0.2) is 72.2 Å². The highest BCUT2D eigenvalue weighted by Crippen LogP contribution is 2.64. The second-order valence-corrected chi connectivity index (χ2v) is 14.2. The summed E-state index contributed by atoms with van der Waals surface area (Å²) >= 11 is 0. The van der Waals surface area contributed by atoms with Gasteiger partial charge in [-0.2, -0.15) is 0 Å². The number of amides is 2. The van der Waals surface area contributed by atoms with Crippen molar-refractivity contribution in [3.05, 3.63) is 173 Å². The van der Waals surface area contributed by atoms with Crippen LogP contribution >= 0.6 is 0 Å². The SMILES string of the molecule is COc1cc(C=CC(=O)OCCN2C(=O)C3C4C=C(C(O)(c5ccccc5)c5ccccn5)C(C4=C(c4ccccc4)c4ccccn4)C3C2=O)cc(OC)c1OC. The van der Waals surface area contributed by atoms with Crippen molar-refractivity contribution in [2.45, 2.75) is 5.60 Å². The van der Waals surface area contributed by atoms with Gasteiger partial charge in [-0.1, -0.05) is 78.9 Å². The molecule has 2 aliphatic carbocycles. The minimum Gasteiger partial charge on any atom is -0.493 e. The number of ether oxygens (including phenoxy) is 4. The average Bonchev–Trinajstić information content (AvgIpc) is 3.89. The molecule has 8 rings (SSSR count). The Hall–Kier alpha value is -6.85. The Bertz CT molecular complexity index is 2330. The van der Waals surface area contributed by atoms with Crippen molar-refractivity contribution in [3.63, 3.8) is 0 Å². The van der Waals surface area contributed by atoms with E-state index >= 15 is 0 Å². The molecule has 11 heteroatoms. The van der Waals surface area contributed by atoms with Crippen LogP contribution in [0.5, 0.6) is 17.2 Å². The largest absolute Gasteiger partial charge is 0.493 e. The van der Waals surface area contributed by atoms with Crippen LogP contribution in [0, 0.1) is 23.7 Å². The molecule has 1 saturated heterocycles. The number of hydrogen-bond acceptors (Lipinski definition) is 10. The minimum absolute atomic E-state index is 0.128. The first-order chi connectivity index (χ1) is 28.3. The molecule has 58 heavy (non-hydrogen) atoms. The number of nitrogens with zero attached hydrogens (tertiary/aromatic N) is 3. The fraction of sp³-hybridized carbons (Fsp3) is 0.213. The molecule has 2 amide bonds. The molecule has 0 radical (unpaired) electrons. The van der Waals surface area contributed by atoms with Gasteiger partial charge in [0.15, 0.2) is 17.1 Å². The summed E-state index contributed by atoms with van der Waals surface area (Å²) in [5, 5.41) is 13.1. The van der Waals surface area contributed by atoms with Crippen molar-refractivity contribution in [2.24, 2.45) is 23.7 Å². The van der Waals surface area contributed by atoms with E-state index in [1.807, 2.05) is 91.0 Å². The van der Waals surface area contributed by atoms with Crippen molar-refractivity contribution in [1.29, 1.82) is 0 Å². The number of hydrogen-bond donors (Lipinski definition) is 1. The third-order valence-corrected chi connectivity index (χ3v) is 11.2. The number of esters is 1. The molecule has 5 atom stereocenters. The summed E-state index contributed by atoms with van der Waals surface area (Å²) in [7, 11) is 4.50. The van der Waals surface area contributed by atoms with Gasteiger partial charge >= 0.3 is 5.97 Å². The summed E-state index contributed by atoms with van der Waals surface area (Å²) in [6.07, 6.45) is 8.12. The summed E-state index contributed by atoms with van der Waals surface area (Å²) in [6, 6.07) is 33.5. The third-order valence-electron chi connectivity index (χ3n) is 11.2. The summed E-state index contributed by atoms with van der Waals surface area (Å²) in [6.45, 7) is -0.337. The number of carbonyl (C=O) groups is 3. The van der Waals surface area contributed by atoms with Gasteiger partial charge in [0, 0.05) is 35.9 Å². The zero-order valence-corrected chi connectivity index (χ0v) is 32.1. The summed E-state index contributed by atoms with van der Waals surface area (Å²) in [4.78, 5) is 52.6. The Labute approximate surface area is 335 Å². The van der Waals surface area contributed by atoms with Crippen LogP contribution in [0.4, 0.5) is 0 Å². The van der Waals surface area contributed by atoms with E-state index in [9.17, 15) is 19.5 Å². The molecule has 5 unspecified atom stereocenters. The number of rotatable bonds is 13. The number of pyridine rings is 2. The third kappa shape index (κ3) is 6.53. The number of fused-ring (bicyclic) bond motifs is 5. The van der Waals surface area contributed by atoms with Crippen LogP contribution in [0.2, 0.25) is 0 Å². The van der Waals surface area contributed by atoms with Crippen LogP contribution in [0.25, 0.3) is 11.6 Å². The summed E-state index contributed by atoms with van der Waals surface area (Å²) in [5.74, 6) is -2.94. The number of likely N-dealkylation sites (tertiary alicyclic amines) is 1. The smallest absolute Gasteiger partial charge is 0.330 e. The Morgan fingerprint density at radius 2 is 1.43 bits per heavy atom. The molecule has 1 aliphatic heterocycles. The molecule has 292 valence electrons. The molecule has 3 heterocycles. The molecule has 11 nitrogen and oxygen atoms in total. The number of aliphatic hydroxyl groups is 1. The molecule has 2 fully saturated rings. The van der Waals surface area contributed by atoms with E-state index in [2.05, 4.69) is 4.98 Å². The van der Waals surface area contributed by atoms with Gasteiger partial charge in [0.25, 0.3) is 0 Å². The van der Waals surface area contributed by atoms with Crippen molar-refractivity contribution in [3.8, 4) is 17.2 Å². The Balaban J connectivity index is 1.13. The molecular formula is C47H41N3O8. The van der Waals surface area contributed by atoms with Crippen LogP contribution in [-0.2, 0) is 24.7 Å². The molecule has 3 aliphatic rings. The zero-order chi connectivity index (χ0) is 40.4. The summed E-state index contributed by atoms with van der Waals surface area (Å²) < 4.78 is 21.7. The van der Waals surface area contributed by atoms with Crippen molar-refractivity contribution >= 4 is 29.4 Å². The highest BCUT2D eigenvalue weighted by Gasteiger charge is 2.66. The minimum atomic E-state index is -1.74. The Kier molecular flexibility index (Phi) is 10.5. The quantitative estimate of drug-likeness (QED) is 0.0630. The fourth-order valence-corrected chi connectivity index (χ4v) is 8.78. The van der Waals surface area contributed by atoms with Gasteiger partial charge in [0.1, 0.15) is 6.61 Å². The van der Waals surface area contributed by atoms with Gasteiger partial charge in [0.2, 0.25) is 17.6 Å². The van der Waals surface area contributed by atoms with E-state index in [1.54, 1.807) is 42.7 Å². The number of carbonyl (C=O) groups excluding carboxylic acids is 3. The first-order valence-corrected chi connectivity index (χ1v) is 18.9. The summed E-state index contributed by atoms with van der Waals surface area (Å²) in [5.41, 5.74) is 3.67. The Morgan fingerprint density at radius 1 is 0.793 bits per heavy atom. The standard InChI is InChI=1S/C47H41N3O8/c1-55-35-26-29(27-36(56-2)44(35)57-3)20-21-38(51)58-25-24-50-45(52)41-32-28-33(47(54,31-16-8-5-9-17-31)37-19-11-13-23-49-37)42(43(41)46(50)53)40(32)39(30-14-6-4-7-15-30)34-18-10-12-22-48-34/h4-23,26-28,32,41-43,54H,24-25H2,1-3H3. The number of benzene rings is 3. The normalized spacial score (nSPS) is 21.4. The first kappa shape index (κ1) is 38.0. The lowest BCUT2D eigenvalue weighted by Crippen LogP contribution is -2.39. The molecule has 5 aromatic rings.